The van der Waals surface area contributed by atoms with Gasteiger partial charge in [-0.2, -0.15) is 0 Å². The molecule has 0 aromatic heterocycles. The smallest absolute Gasteiger partial charge is 0.243 e. The van der Waals surface area contributed by atoms with E-state index >= 15 is 0 Å². The van der Waals surface area contributed by atoms with Crippen LogP contribution in [0, 0.1) is 0 Å². The van der Waals surface area contributed by atoms with Gasteiger partial charge in [0, 0.05) is 13.0 Å². The van der Waals surface area contributed by atoms with Gasteiger partial charge < -0.3 is 20.1 Å². The molecule has 0 spiro atoms. The van der Waals surface area contributed by atoms with E-state index < -0.39 is 11.5 Å². The molecule has 0 rings (SSSR count). The third-order valence-electron chi connectivity index (χ3n) is 2.66. The number of aliphatic carboxylic acids is 1. The number of carboxylic acid groups (broad SMARTS) is 1. The fraction of sp³-hybridized carbons (Fsp3) is 0.600. The van der Waals surface area contributed by atoms with E-state index in [4.69, 9.17) is 0 Å². The molecule has 0 aromatic carbocycles. The van der Waals surface area contributed by atoms with E-state index in [0.29, 0.717) is 13.0 Å². The van der Waals surface area contributed by atoms with Crippen molar-refractivity contribution in [3.05, 3.63) is 12.7 Å². The summed E-state index contributed by atoms with van der Waals surface area (Å²) in [6, 6.07) is 0. The Labute approximate surface area is 89.8 Å². The Morgan fingerprint density at radius 1 is 1.53 bits per heavy atom. The Kier molecular flexibility index (Phi) is 5.00. The van der Waals surface area contributed by atoms with Gasteiger partial charge in [0.2, 0.25) is 5.91 Å². The van der Waals surface area contributed by atoms with Gasteiger partial charge in [0.1, 0.15) is 11.5 Å². The van der Waals surface area contributed by atoms with E-state index in [9.17, 15) is 14.7 Å². The van der Waals surface area contributed by atoms with Gasteiger partial charge in [-0.1, -0.05) is 6.58 Å². The molecule has 0 fully saturated rings. The molecule has 2 N–H and O–H groups in total. The monoisotopic (exact) mass is 214 g/mol. The predicted molar refractivity (Wildman–Crippen MR) is 54.0 cm³/mol. The standard InChI is InChI=1S/C10H18N2O3/c1-5-8(13)11-7-6-10(2,9(14)15)12(3)4/h5H,1,6-7H2,2-4H3,(H,11,13)(H,14,15). The fourth-order valence-electron chi connectivity index (χ4n) is 1.06. The molecule has 0 radical (unpaired) electrons. The molecule has 0 saturated carbocycles. The van der Waals surface area contributed by atoms with Gasteiger partial charge >= 0.3 is 0 Å². The molecule has 5 heteroatoms. The number of carbonyl (C=O) groups excluding carboxylic acids is 2. The van der Waals surface area contributed by atoms with Crippen LogP contribution in [0.15, 0.2) is 12.7 Å². The maximum atomic E-state index is 10.9. The zero-order valence-electron chi connectivity index (χ0n) is 9.42. The van der Waals surface area contributed by atoms with Gasteiger partial charge in [-0.25, -0.2) is 0 Å². The molecule has 0 aliphatic carbocycles. The summed E-state index contributed by atoms with van der Waals surface area (Å²) in [5, 5.41) is 13.5. The highest BCUT2D eigenvalue weighted by molar-refractivity contribution is 5.86. The quantitative estimate of drug-likeness (QED) is 0.474. The van der Waals surface area contributed by atoms with Crippen molar-refractivity contribution in [1.82, 2.24) is 5.32 Å². The minimum atomic E-state index is -1.12. The van der Waals surface area contributed by atoms with Crippen molar-refractivity contribution in [2.24, 2.45) is 0 Å². The van der Waals surface area contributed by atoms with Crippen molar-refractivity contribution < 1.29 is 19.6 Å². The normalized spacial score (nSPS) is 14.4. The second kappa shape index (κ2) is 5.50. The Bertz CT molecular complexity index is 263. The number of carbonyl (C=O) groups is 2. The molecule has 0 heterocycles. The van der Waals surface area contributed by atoms with Crippen LogP contribution >= 0.6 is 0 Å². The van der Waals surface area contributed by atoms with Crippen molar-refractivity contribution >= 4 is 11.9 Å². The molecule has 86 valence electrons. The number of carboxylic acids is 1. The van der Waals surface area contributed by atoms with E-state index in [-0.39, 0.29) is 5.91 Å². The third-order valence-corrected chi connectivity index (χ3v) is 2.66. The molecule has 1 atom stereocenters. The zero-order chi connectivity index (χ0) is 12.1. The van der Waals surface area contributed by atoms with Crippen LogP contribution in [0.4, 0.5) is 0 Å². The fourth-order valence-corrected chi connectivity index (χ4v) is 1.06. The van der Waals surface area contributed by atoms with Gasteiger partial charge in [-0.05, 0) is 13.0 Å². The average molecular weight is 214 g/mol. The summed E-state index contributed by atoms with van der Waals surface area (Å²) in [6.07, 6.45) is 1.47. The first-order chi connectivity index (χ1) is 6.84. The minimum absolute atomic E-state index is 0.292. The summed E-state index contributed by atoms with van der Waals surface area (Å²) in [7, 11) is 3.48. The van der Waals surface area contributed by atoms with Crippen LogP contribution in [0.1, 0.15) is 13.3 Å². The highest BCUT2D eigenvalue weighted by Crippen LogP contribution is 2.01. The van der Waals surface area contributed by atoms with Gasteiger partial charge in [0.05, 0.1) is 14.1 Å². The lowest BCUT2D eigenvalue weighted by molar-refractivity contribution is -0.905. The summed E-state index contributed by atoms with van der Waals surface area (Å²) in [5.41, 5.74) is -0.992. The van der Waals surface area contributed by atoms with Crippen LogP contribution in [-0.2, 0) is 9.59 Å². The second-order valence-electron chi connectivity index (χ2n) is 3.86. The maximum Gasteiger partial charge on any atom is 0.243 e. The van der Waals surface area contributed by atoms with E-state index in [1.54, 1.807) is 21.0 Å². The molecule has 0 bridgehead atoms. The average Bonchev–Trinajstić information content (AvgIpc) is 2.16. The maximum absolute atomic E-state index is 10.9. The van der Waals surface area contributed by atoms with Gasteiger partial charge in [-0.3, -0.25) is 4.79 Å². The van der Waals surface area contributed by atoms with E-state index in [0.717, 1.165) is 11.0 Å². The summed E-state index contributed by atoms with van der Waals surface area (Å²) in [4.78, 5) is 22.5. The van der Waals surface area contributed by atoms with Crippen LogP contribution < -0.4 is 15.3 Å². The van der Waals surface area contributed by atoms with Crippen LogP contribution in [0.2, 0.25) is 0 Å². The van der Waals surface area contributed by atoms with E-state index in [1.165, 1.54) is 0 Å². The lowest BCUT2D eigenvalue weighted by Gasteiger charge is -2.33. The number of nitrogens with one attached hydrogen (secondary N) is 2. The second-order valence-corrected chi connectivity index (χ2v) is 3.86. The zero-order valence-corrected chi connectivity index (χ0v) is 9.42. The number of likely N-dealkylation sites (N-methyl/N-ethyl adjacent to an activating group) is 1. The summed E-state index contributed by atoms with van der Waals surface area (Å²) < 4.78 is 0. The molecule has 15 heavy (non-hydrogen) atoms. The van der Waals surface area contributed by atoms with Crippen molar-refractivity contribution in [3.8, 4) is 0 Å². The van der Waals surface area contributed by atoms with Crippen molar-refractivity contribution in [2.45, 2.75) is 18.9 Å². The molecule has 1 unspecified atom stereocenters. The minimum Gasteiger partial charge on any atom is -0.544 e. The molecule has 1 amide bonds. The molecule has 0 aliphatic rings. The highest BCUT2D eigenvalue weighted by Gasteiger charge is 2.32. The molecule has 5 nitrogen and oxygen atoms in total. The van der Waals surface area contributed by atoms with Crippen molar-refractivity contribution in [2.75, 3.05) is 20.6 Å². The summed E-state index contributed by atoms with van der Waals surface area (Å²) in [6.45, 7) is 5.19. The summed E-state index contributed by atoms with van der Waals surface area (Å²) >= 11 is 0. The SMILES string of the molecule is C=CC(=O)NCCC(C)(C(=O)[O-])[NH+](C)C. The van der Waals surface area contributed by atoms with E-state index in [2.05, 4.69) is 11.9 Å². The van der Waals surface area contributed by atoms with Gasteiger partial charge in [0.25, 0.3) is 0 Å². The largest absolute Gasteiger partial charge is 0.544 e. The summed E-state index contributed by atoms with van der Waals surface area (Å²) in [5.74, 6) is -1.42. The highest BCUT2D eigenvalue weighted by atomic mass is 16.4. The molecule has 0 saturated heterocycles. The van der Waals surface area contributed by atoms with Crippen LogP contribution in [0.3, 0.4) is 0 Å². The van der Waals surface area contributed by atoms with Crippen molar-refractivity contribution in [3.63, 3.8) is 0 Å². The van der Waals surface area contributed by atoms with Crippen LogP contribution in [0.5, 0.6) is 0 Å². The molecular weight excluding hydrogens is 196 g/mol. The van der Waals surface area contributed by atoms with Gasteiger partial charge in [0.15, 0.2) is 0 Å². The third kappa shape index (κ3) is 3.71. The first kappa shape index (κ1) is 13.6. The topological polar surface area (TPSA) is 73.7 Å². The number of quaternary nitrogens is 1. The molecule has 0 aliphatic heterocycles. The van der Waals surface area contributed by atoms with Gasteiger partial charge in [-0.15, -0.1) is 0 Å². The van der Waals surface area contributed by atoms with Crippen LogP contribution in [0.25, 0.3) is 0 Å². The first-order valence-electron chi connectivity index (χ1n) is 4.77. The Hall–Kier alpha value is -1.36. The molecular formula is C10H18N2O3. The Morgan fingerprint density at radius 2 is 2.07 bits per heavy atom. The lowest BCUT2D eigenvalue weighted by Crippen LogP contribution is -3.16. The predicted octanol–water partition coefficient (Wildman–Crippen LogP) is -2.67. The Morgan fingerprint density at radius 3 is 2.40 bits per heavy atom. The lowest BCUT2D eigenvalue weighted by atomic mass is 9.96. The number of rotatable bonds is 6. The number of hydrogen-bond donors (Lipinski definition) is 2. The number of amides is 1. The van der Waals surface area contributed by atoms with E-state index in [1.807, 2.05) is 0 Å². The Balaban J connectivity index is 4.27. The molecule has 0 aromatic rings. The number of hydrogen-bond acceptors (Lipinski definition) is 3. The van der Waals surface area contributed by atoms with Crippen LogP contribution in [-0.4, -0.2) is 38.1 Å². The van der Waals surface area contributed by atoms with Crippen molar-refractivity contribution in [1.29, 1.82) is 0 Å². The first-order valence-corrected chi connectivity index (χ1v) is 4.77.